The number of nitrogens with zero attached hydrogens (tertiary/aromatic N) is 1. The van der Waals surface area contributed by atoms with Crippen molar-refractivity contribution in [2.75, 3.05) is 18.9 Å². The van der Waals surface area contributed by atoms with E-state index in [1.807, 2.05) is 39.1 Å². The van der Waals surface area contributed by atoms with Crippen molar-refractivity contribution in [3.8, 4) is 0 Å². The minimum atomic E-state index is -0.351. The summed E-state index contributed by atoms with van der Waals surface area (Å²) >= 11 is 0. The first kappa shape index (κ1) is 16.3. The lowest BCUT2D eigenvalue weighted by Gasteiger charge is -2.26. The molecule has 5 nitrogen and oxygen atoms in total. The molecular formula is C18H21FN4O. The second-order valence-corrected chi connectivity index (χ2v) is 6.47. The van der Waals surface area contributed by atoms with Gasteiger partial charge < -0.3 is 15.6 Å². The number of hydrogen-bond donors (Lipinski definition) is 3. The number of aromatic amines is 1. The van der Waals surface area contributed by atoms with Crippen molar-refractivity contribution in [1.29, 1.82) is 0 Å². The molecule has 24 heavy (non-hydrogen) atoms. The van der Waals surface area contributed by atoms with Crippen LogP contribution in [0, 0.1) is 5.82 Å². The molecule has 0 aliphatic carbocycles. The SMILES string of the molecule is CNCC(C)(C)n1c(=O)[nH]c2cc(Nc3ccc(F)cc3)ccc21. The van der Waals surface area contributed by atoms with Gasteiger partial charge >= 0.3 is 5.69 Å². The van der Waals surface area contributed by atoms with Gasteiger partial charge in [-0.2, -0.15) is 0 Å². The Labute approximate surface area is 139 Å². The second kappa shape index (κ2) is 6.13. The van der Waals surface area contributed by atoms with Crippen LogP contribution in [0.15, 0.2) is 47.3 Å². The average molecular weight is 328 g/mol. The zero-order valence-corrected chi connectivity index (χ0v) is 14.0. The van der Waals surface area contributed by atoms with E-state index in [0.29, 0.717) is 6.54 Å². The fourth-order valence-corrected chi connectivity index (χ4v) is 3.00. The van der Waals surface area contributed by atoms with Gasteiger partial charge in [-0.05, 0) is 63.4 Å². The highest BCUT2D eigenvalue weighted by Gasteiger charge is 2.24. The fourth-order valence-electron chi connectivity index (χ4n) is 3.00. The summed E-state index contributed by atoms with van der Waals surface area (Å²) in [5.74, 6) is -0.274. The minimum Gasteiger partial charge on any atom is -0.355 e. The molecule has 2 aromatic carbocycles. The molecule has 0 spiro atoms. The molecule has 0 atom stereocenters. The number of H-pyrrole nitrogens is 1. The third-order valence-corrected chi connectivity index (χ3v) is 4.03. The first-order chi connectivity index (χ1) is 11.4. The minimum absolute atomic E-state index is 0.135. The molecule has 0 radical (unpaired) electrons. The fraction of sp³-hybridized carbons (Fsp3) is 0.278. The van der Waals surface area contributed by atoms with Crippen LogP contribution in [0.5, 0.6) is 0 Å². The second-order valence-electron chi connectivity index (χ2n) is 6.47. The Morgan fingerprint density at radius 3 is 2.46 bits per heavy atom. The molecular weight excluding hydrogens is 307 g/mol. The Hall–Kier alpha value is -2.60. The normalized spacial score (nSPS) is 11.8. The van der Waals surface area contributed by atoms with Gasteiger partial charge in [-0.3, -0.25) is 4.57 Å². The lowest BCUT2D eigenvalue weighted by Crippen LogP contribution is -2.41. The van der Waals surface area contributed by atoms with Crippen molar-refractivity contribution < 1.29 is 4.39 Å². The standard InChI is InChI=1S/C18H21FN4O/c1-18(2,11-20-3)23-16-9-8-14(10-15(16)22-17(23)24)21-13-6-4-12(19)5-7-13/h4-10,20-21H,11H2,1-3H3,(H,22,24). The molecule has 0 saturated heterocycles. The van der Waals surface area contributed by atoms with Gasteiger partial charge in [0.15, 0.2) is 0 Å². The summed E-state index contributed by atoms with van der Waals surface area (Å²) in [5, 5.41) is 6.33. The lowest BCUT2D eigenvalue weighted by molar-refractivity contribution is 0.344. The van der Waals surface area contributed by atoms with Crippen LogP contribution in [0.1, 0.15) is 13.8 Å². The molecule has 1 aromatic heterocycles. The largest absolute Gasteiger partial charge is 0.355 e. The summed E-state index contributed by atoms with van der Waals surface area (Å²) in [4.78, 5) is 15.3. The Kier molecular flexibility index (Phi) is 4.15. The molecule has 6 heteroatoms. The summed E-state index contributed by atoms with van der Waals surface area (Å²) in [5.41, 5.74) is 2.74. The molecule has 3 N–H and O–H groups in total. The van der Waals surface area contributed by atoms with Gasteiger partial charge in [-0.1, -0.05) is 0 Å². The molecule has 1 heterocycles. The molecule has 3 aromatic rings. The molecule has 3 rings (SSSR count). The molecule has 0 aliphatic rings. The number of halogens is 1. The van der Waals surface area contributed by atoms with E-state index in [-0.39, 0.29) is 17.0 Å². The molecule has 0 unspecified atom stereocenters. The van der Waals surface area contributed by atoms with E-state index >= 15 is 0 Å². The number of rotatable bonds is 5. The number of anilines is 2. The zero-order valence-electron chi connectivity index (χ0n) is 14.0. The molecule has 0 amide bonds. The number of imidazole rings is 1. The Balaban J connectivity index is 1.98. The van der Waals surface area contributed by atoms with Gasteiger partial charge in [0.05, 0.1) is 16.6 Å². The summed E-state index contributed by atoms with van der Waals surface area (Å²) in [7, 11) is 1.87. The molecule has 0 saturated carbocycles. The van der Waals surface area contributed by atoms with Crippen LogP contribution in [0.4, 0.5) is 15.8 Å². The topological polar surface area (TPSA) is 61.9 Å². The number of hydrogen-bond acceptors (Lipinski definition) is 3. The van der Waals surface area contributed by atoms with Crippen LogP contribution in [-0.4, -0.2) is 23.1 Å². The van der Waals surface area contributed by atoms with Crippen LogP contribution in [0.2, 0.25) is 0 Å². The maximum atomic E-state index is 13.0. The number of likely N-dealkylation sites (N-methyl/N-ethyl adjacent to an activating group) is 1. The molecule has 0 bridgehead atoms. The number of fused-ring (bicyclic) bond motifs is 1. The van der Waals surface area contributed by atoms with Gasteiger partial charge in [0.25, 0.3) is 0 Å². The van der Waals surface area contributed by atoms with E-state index in [4.69, 9.17) is 0 Å². The number of benzene rings is 2. The van der Waals surface area contributed by atoms with Crippen LogP contribution in [0.25, 0.3) is 11.0 Å². The van der Waals surface area contributed by atoms with Crippen LogP contribution in [0.3, 0.4) is 0 Å². The first-order valence-corrected chi connectivity index (χ1v) is 7.83. The van der Waals surface area contributed by atoms with Crippen molar-refractivity contribution in [2.24, 2.45) is 0 Å². The molecule has 0 fully saturated rings. The van der Waals surface area contributed by atoms with E-state index in [2.05, 4.69) is 15.6 Å². The third-order valence-electron chi connectivity index (χ3n) is 4.03. The molecule has 126 valence electrons. The van der Waals surface area contributed by atoms with E-state index in [0.717, 1.165) is 22.4 Å². The monoisotopic (exact) mass is 328 g/mol. The highest BCUT2D eigenvalue weighted by molar-refractivity contribution is 5.81. The van der Waals surface area contributed by atoms with Crippen molar-refractivity contribution in [3.63, 3.8) is 0 Å². The summed E-state index contributed by atoms with van der Waals surface area (Å²) < 4.78 is 14.7. The highest BCUT2D eigenvalue weighted by Crippen LogP contribution is 2.24. The molecule has 0 aliphatic heterocycles. The average Bonchev–Trinajstić information content (AvgIpc) is 2.85. The van der Waals surface area contributed by atoms with Crippen molar-refractivity contribution in [1.82, 2.24) is 14.9 Å². The maximum absolute atomic E-state index is 13.0. The van der Waals surface area contributed by atoms with Gasteiger partial charge in [-0.15, -0.1) is 0 Å². The quantitative estimate of drug-likeness (QED) is 0.674. The number of aromatic nitrogens is 2. The lowest BCUT2D eigenvalue weighted by atomic mass is 10.1. The number of nitrogens with one attached hydrogen (secondary N) is 3. The zero-order chi connectivity index (χ0) is 17.3. The third kappa shape index (κ3) is 3.05. The predicted molar refractivity (Wildman–Crippen MR) is 95.5 cm³/mol. The van der Waals surface area contributed by atoms with Crippen molar-refractivity contribution in [2.45, 2.75) is 19.4 Å². The van der Waals surface area contributed by atoms with Gasteiger partial charge in [0.2, 0.25) is 0 Å². The van der Waals surface area contributed by atoms with Gasteiger partial charge in [0.1, 0.15) is 5.82 Å². The Morgan fingerprint density at radius 2 is 1.79 bits per heavy atom. The van der Waals surface area contributed by atoms with Crippen LogP contribution in [-0.2, 0) is 5.54 Å². The van der Waals surface area contributed by atoms with Gasteiger partial charge in [0, 0.05) is 17.9 Å². The van der Waals surface area contributed by atoms with Crippen molar-refractivity contribution >= 4 is 22.4 Å². The van der Waals surface area contributed by atoms with E-state index in [9.17, 15) is 9.18 Å². The van der Waals surface area contributed by atoms with Crippen LogP contribution < -0.4 is 16.3 Å². The summed E-state index contributed by atoms with van der Waals surface area (Å²) in [6, 6.07) is 11.8. The Bertz CT molecular complexity index is 909. The van der Waals surface area contributed by atoms with Crippen molar-refractivity contribution in [3.05, 3.63) is 58.8 Å². The van der Waals surface area contributed by atoms with Crippen LogP contribution >= 0.6 is 0 Å². The summed E-state index contributed by atoms with van der Waals surface area (Å²) in [6.45, 7) is 4.71. The summed E-state index contributed by atoms with van der Waals surface area (Å²) in [6.07, 6.45) is 0. The Morgan fingerprint density at radius 1 is 1.12 bits per heavy atom. The predicted octanol–water partition coefficient (Wildman–Crippen LogP) is 3.17. The van der Waals surface area contributed by atoms with E-state index < -0.39 is 0 Å². The van der Waals surface area contributed by atoms with E-state index in [1.54, 1.807) is 16.7 Å². The van der Waals surface area contributed by atoms with Gasteiger partial charge in [-0.25, -0.2) is 9.18 Å². The van der Waals surface area contributed by atoms with E-state index in [1.165, 1.54) is 12.1 Å². The first-order valence-electron chi connectivity index (χ1n) is 7.83. The smallest absolute Gasteiger partial charge is 0.327 e. The highest BCUT2D eigenvalue weighted by atomic mass is 19.1. The maximum Gasteiger partial charge on any atom is 0.327 e.